The lowest BCUT2D eigenvalue weighted by Gasteiger charge is -2.54. The van der Waals surface area contributed by atoms with E-state index in [0.29, 0.717) is 0 Å². The topological polar surface area (TPSA) is 32.6 Å². The number of hydrogen-bond donors (Lipinski definition) is 1. The molecule has 32 heavy (non-hydrogen) atoms. The number of benzene rings is 3. The van der Waals surface area contributed by atoms with Gasteiger partial charge in [0.2, 0.25) is 0 Å². The van der Waals surface area contributed by atoms with Crippen LogP contribution in [0.15, 0.2) is 88.3 Å². The lowest BCUT2D eigenvalue weighted by atomic mass is 9.52. The first kappa shape index (κ1) is 21.6. The highest BCUT2D eigenvalue weighted by Gasteiger charge is 2.55. The lowest BCUT2D eigenvalue weighted by molar-refractivity contribution is -0.00650. The standard InChI is InChI=1S/C29H30BrNO/c1-20(22-11-7-4-8-12-22)31-27-26-18-23-17-24(30)13-14-25(23)29(27,16-15-28(26,2)32)19-21-9-5-3-6-10-21/h3-14,17,20,26,32H,15-16,18-19H2,1-2H3/t20-,26-,28+,29+/m0/s1. The van der Waals surface area contributed by atoms with E-state index in [0.717, 1.165) is 30.2 Å². The van der Waals surface area contributed by atoms with E-state index in [4.69, 9.17) is 4.99 Å². The van der Waals surface area contributed by atoms with Crippen LogP contribution < -0.4 is 0 Å². The predicted molar refractivity (Wildman–Crippen MR) is 135 cm³/mol. The van der Waals surface area contributed by atoms with Gasteiger partial charge < -0.3 is 5.11 Å². The molecular formula is C29H30BrNO. The molecule has 1 N–H and O–H groups in total. The van der Waals surface area contributed by atoms with Crippen LogP contribution in [0.4, 0.5) is 0 Å². The normalized spacial score (nSPS) is 28.9. The first-order valence-corrected chi connectivity index (χ1v) is 12.4. The van der Waals surface area contributed by atoms with Gasteiger partial charge in [-0.05, 0) is 73.9 Å². The molecule has 3 heteroatoms. The van der Waals surface area contributed by atoms with Gasteiger partial charge in [-0.15, -0.1) is 0 Å². The Balaban J connectivity index is 1.71. The Morgan fingerprint density at radius 2 is 1.69 bits per heavy atom. The van der Waals surface area contributed by atoms with E-state index in [1.54, 1.807) is 0 Å². The van der Waals surface area contributed by atoms with Gasteiger partial charge in [0.15, 0.2) is 0 Å². The fourth-order valence-corrected chi connectivity index (χ4v) is 6.26. The van der Waals surface area contributed by atoms with E-state index < -0.39 is 5.60 Å². The Labute approximate surface area is 199 Å². The fraction of sp³-hybridized carbons (Fsp3) is 0.345. The monoisotopic (exact) mass is 487 g/mol. The third-order valence-corrected chi connectivity index (χ3v) is 8.09. The Hall–Kier alpha value is -2.23. The zero-order chi connectivity index (χ0) is 22.3. The molecule has 3 aromatic carbocycles. The second-order valence-electron chi connectivity index (χ2n) is 9.76. The van der Waals surface area contributed by atoms with Gasteiger partial charge in [-0.1, -0.05) is 82.7 Å². The minimum atomic E-state index is -0.755. The molecule has 0 saturated heterocycles. The Kier molecular flexibility index (Phi) is 5.59. The van der Waals surface area contributed by atoms with Crippen LogP contribution in [0.25, 0.3) is 0 Å². The van der Waals surface area contributed by atoms with Crippen molar-refractivity contribution in [2.24, 2.45) is 10.9 Å². The largest absolute Gasteiger partial charge is 0.389 e. The molecule has 5 rings (SSSR count). The number of nitrogens with zero attached hydrogens (tertiary/aromatic N) is 1. The van der Waals surface area contributed by atoms with Crippen LogP contribution in [0.5, 0.6) is 0 Å². The third kappa shape index (κ3) is 3.76. The van der Waals surface area contributed by atoms with Crippen LogP contribution >= 0.6 is 15.9 Å². The van der Waals surface area contributed by atoms with Crippen molar-refractivity contribution in [3.63, 3.8) is 0 Å². The van der Waals surface area contributed by atoms with Crippen LogP contribution in [0.1, 0.15) is 55.0 Å². The van der Waals surface area contributed by atoms with E-state index in [2.05, 4.69) is 102 Å². The van der Waals surface area contributed by atoms with Crippen molar-refractivity contribution in [3.05, 3.63) is 106 Å². The summed E-state index contributed by atoms with van der Waals surface area (Å²) in [7, 11) is 0. The predicted octanol–water partition coefficient (Wildman–Crippen LogP) is 6.85. The molecule has 0 heterocycles. The molecule has 0 amide bonds. The van der Waals surface area contributed by atoms with Crippen molar-refractivity contribution < 1.29 is 5.11 Å². The summed E-state index contributed by atoms with van der Waals surface area (Å²) in [4.78, 5) is 5.42. The van der Waals surface area contributed by atoms with Gasteiger partial charge in [0.25, 0.3) is 0 Å². The van der Waals surface area contributed by atoms with Gasteiger partial charge in [-0.25, -0.2) is 0 Å². The number of hydrogen-bond acceptors (Lipinski definition) is 2. The average molecular weight is 488 g/mol. The molecule has 3 aromatic rings. The number of aliphatic hydroxyl groups is 1. The highest BCUT2D eigenvalue weighted by Crippen LogP contribution is 2.53. The van der Waals surface area contributed by atoms with Crippen molar-refractivity contribution >= 4 is 21.6 Å². The first-order chi connectivity index (χ1) is 15.4. The van der Waals surface area contributed by atoms with Gasteiger partial charge in [0, 0.05) is 21.5 Å². The van der Waals surface area contributed by atoms with E-state index in [-0.39, 0.29) is 17.4 Å². The third-order valence-electron chi connectivity index (χ3n) is 7.60. The minimum absolute atomic E-state index is 0.0212. The number of halogens is 1. The first-order valence-electron chi connectivity index (χ1n) is 11.6. The van der Waals surface area contributed by atoms with E-state index in [9.17, 15) is 5.11 Å². The Morgan fingerprint density at radius 1 is 1.00 bits per heavy atom. The molecule has 1 saturated carbocycles. The summed E-state index contributed by atoms with van der Waals surface area (Å²) in [6.07, 6.45) is 3.44. The van der Waals surface area contributed by atoms with Crippen LogP contribution in [-0.4, -0.2) is 16.4 Å². The summed E-state index contributed by atoms with van der Waals surface area (Å²) in [6.45, 7) is 4.19. The zero-order valence-electron chi connectivity index (χ0n) is 18.8. The van der Waals surface area contributed by atoms with Crippen molar-refractivity contribution in [1.29, 1.82) is 0 Å². The average Bonchev–Trinajstić information content (AvgIpc) is 2.79. The van der Waals surface area contributed by atoms with Crippen molar-refractivity contribution in [1.82, 2.24) is 0 Å². The molecule has 0 unspecified atom stereocenters. The van der Waals surface area contributed by atoms with Gasteiger partial charge >= 0.3 is 0 Å². The SMILES string of the molecule is C[C@H](N=C1[C@@H]2Cc3cc(Br)ccc3[C@]1(Cc1ccccc1)CC[C@@]2(C)O)c1ccccc1. The van der Waals surface area contributed by atoms with Crippen LogP contribution in [0, 0.1) is 5.92 Å². The molecule has 1 fully saturated rings. The Morgan fingerprint density at radius 3 is 2.41 bits per heavy atom. The summed E-state index contributed by atoms with van der Waals surface area (Å²) in [6, 6.07) is 28.0. The summed E-state index contributed by atoms with van der Waals surface area (Å²) < 4.78 is 1.10. The maximum Gasteiger partial charge on any atom is 0.0720 e. The quantitative estimate of drug-likeness (QED) is 0.428. The summed E-state index contributed by atoms with van der Waals surface area (Å²) in [5.41, 5.74) is 5.50. The van der Waals surface area contributed by atoms with Crippen LogP contribution in [0.2, 0.25) is 0 Å². The highest BCUT2D eigenvalue weighted by molar-refractivity contribution is 9.10. The molecule has 164 valence electrons. The van der Waals surface area contributed by atoms with E-state index in [1.807, 2.05) is 6.92 Å². The molecule has 2 aliphatic carbocycles. The molecule has 0 aliphatic heterocycles. The van der Waals surface area contributed by atoms with Crippen LogP contribution in [-0.2, 0) is 18.3 Å². The van der Waals surface area contributed by atoms with Gasteiger partial charge in [0.1, 0.15) is 0 Å². The number of fused-ring (bicyclic) bond motifs is 4. The zero-order valence-corrected chi connectivity index (χ0v) is 20.3. The summed E-state index contributed by atoms with van der Waals surface area (Å²) in [5, 5.41) is 11.5. The van der Waals surface area contributed by atoms with E-state index in [1.165, 1.54) is 28.0 Å². The summed E-state index contributed by atoms with van der Waals surface area (Å²) >= 11 is 3.68. The molecule has 2 nitrogen and oxygen atoms in total. The van der Waals surface area contributed by atoms with Crippen molar-refractivity contribution in [2.45, 2.75) is 56.6 Å². The molecule has 4 atom stereocenters. The molecule has 0 radical (unpaired) electrons. The van der Waals surface area contributed by atoms with Crippen molar-refractivity contribution in [2.75, 3.05) is 0 Å². The van der Waals surface area contributed by atoms with Gasteiger partial charge in [-0.3, -0.25) is 4.99 Å². The second kappa shape index (κ2) is 8.28. The highest BCUT2D eigenvalue weighted by atomic mass is 79.9. The van der Waals surface area contributed by atoms with Gasteiger partial charge in [0.05, 0.1) is 11.6 Å². The second-order valence-corrected chi connectivity index (χ2v) is 10.7. The minimum Gasteiger partial charge on any atom is -0.389 e. The summed E-state index contributed by atoms with van der Waals surface area (Å²) in [5.74, 6) is 0.0212. The van der Waals surface area contributed by atoms with Crippen LogP contribution in [0.3, 0.4) is 0 Å². The molecule has 2 bridgehead atoms. The van der Waals surface area contributed by atoms with Crippen molar-refractivity contribution in [3.8, 4) is 0 Å². The maximum absolute atomic E-state index is 11.5. The number of rotatable bonds is 4. The van der Waals surface area contributed by atoms with Gasteiger partial charge in [-0.2, -0.15) is 0 Å². The lowest BCUT2D eigenvalue weighted by Crippen LogP contribution is -2.59. The number of aliphatic imine (C=N–C) groups is 1. The smallest absolute Gasteiger partial charge is 0.0720 e. The Bertz CT molecular complexity index is 1140. The maximum atomic E-state index is 11.5. The fourth-order valence-electron chi connectivity index (χ4n) is 5.85. The molecular weight excluding hydrogens is 458 g/mol. The molecule has 0 spiro atoms. The molecule has 0 aromatic heterocycles. The van der Waals surface area contributed by atoms with E-state index >= 15 is 0 Å². The molecule has 2 aliphatic rings.